The summed E-state index contributed by atoms with van der Waals surface area (Å²) >= 11 is 0. The third kappa shape index (κ3) is 3.39. The SMILES string of the molecule is CC1CCC(N2CC(C(=O)NC3CCNC3)CC2=O)CC1. The molecule has 0 aromatic heterocycles. The van der Waals surface area contributed by atoms with Crippen LogP contribution in [0.2, 0.25) is 0 Å². The summed E-state index contributed by atoms with van der Waals surface area (Å²) in [7, 11) is 0. The quantitative estimate of drug-likeness (QED) is 0.812. The molecular formula is C16H27N3O2. The average molecular weight is 293 g/mol. The van der Waals surface area contributed by atoms with Crippen molar-refractivity contribution in [3.05, 3.63) is 0 Å². The van der Waals surface area contributed by atoms with E-state index in [0.29, 0.717) is 19.0 Å². The van der Waals surface area contributed by atoms with E-state index in [9.17, 15) is 9.59 Å². The molecule has 0 aromatic rings. The predicted octanol–water partition coefficient (Wildman–Crippen LogP) is 0.892. The van der Waals surface area contributed by atoms with Gasteiger partial charge in [0.15, 0.2) is 0 Å². The zero-order chi connectivity index (χ0) is 14.8. The smallest absolute Gasteiger partial charge is 0.225 e. The highest BCUT2D eigenvalue weighted by atomic mass is 16.2. The molecule has 3 aliphatic rings. The third-order valence-electron chi connectivity index (χ3n) is 5.36. The van der Waals surface area contributed by atoms with E-state index >= 15 is 0 Å². The second kappa shape index (κ2) is 6.34. The molecule has 0 aromatic carbocycles. The molecule has 5 heteroatoms. The van der Waals surface area contributed by atoms with Crippen molar-refractivity contribution in [3.63, 3.8) is 0 Å². The van der Waals surface area contributed by atoms with Gasteiger partial charge >= 0.3 is 0 Å². The first-order valence-electron chi connectivity index (χ1n) is 8.44. The van der Waals surface area contributed by atoms with Crippen LogP contribution in [0.25, 0.3) is 0 Å². The van der Waals surface area contributed by atoms with E-state index in [-0.39, 0.29) is 23.8 Å². The Labute approximate surface area is 126 Å². The summed E-state index contributed by atoms with van der Waals surface area (Å²) in [6.45, 7) is 4.75. The number of hydrogen-bond donors (Lipinski definition) is 2. The number of amides is 2. The summed E-state index contributed by atoms with van der Waals surface area (Å²) in [5, 5.41) is 6.34. The van der Waals surface area contributed by atoms with Gasteiger partial charge in [-0.3, -0.25) is 9.59 Å². The first-order valence-corrected chi connectivity index (χ1v) is 8.44. The van der Waals surface area contributed by atoms with E-state index in [2.05, 4.69) is 17.6 Å². The molecule has 0 bridgehead atoms. The molecule has 2 atom stereocenters. The highest BCUT2D eigenvalue weighted by Gasteiger charge is 2.39. The molecule has 2 saturated heterocycles. The van der Waals surface area contributed by atoms with Crippen LogP contribution in [-0.2, 0) is 9.59 Å². The Kier molecular flexibility index (Phi) is 4.48. The van der Waals surface area contributed by atoms with Crippen molar-refractivity contribution in [3.8, 4) is 0 Å². The lowest BCUT2D eigenvalue weighted by Crippen LogP contribution is -2.42. The topological polar surface area (TPSA) is 61.4 Å². The van der Waals surface area contributed by atoms with Crippen molar-refractivity contribution in [1.82, 2.24) is 15.5 Å². The van der Waals surface area contributed by atoms with E-state index < -0.39 is 0 Å². The molecule has 1 saturated carbocycles. The normalized spacial score (nSPS) is 37.0. The van der Waals surface area contributed by atoms with Gasteiger partial charge in [-0.15, -0.1) is 0 Å². The van der Waals surface area contributed by atoms with Gasteiger partial charge in [-0.25, -0.2) is 0 Å². The van der Waals surface area contributed by atoms with Gasteiger partial charge in [-0.2, -0.15) is 0 Å². The van der Waals surface area contributed by atoms with Gasteiger partial charge in [0.05, 0.1) is 5.92 Å². The Balaban J connectivity index is 1.52. The van der Waals surface area contributed by atoms with Gasteiger partial charge in [-0.05, 0) is 44.6 Å². The number of hydrogen-bond acceptors (Lipinski definition) is 3. The van der Waals surface area contributed by atoms with Crippen molar-refractivity contribution in [2.24, 2.45) is 11.8 Å². The monoisotopic (exact) mass is 293 g/mol. The Bertz CT molecular complexity index is 398. The molecule has 21 heavy (non-hydrogen) atoms. The first kappa shape index (κ1) is 14.8. The lowest BCUT2D eigenvalue weighted by atomic mass is 9.87. The van der Waals surface area contributed by atoms with Crippen LogP contribution in [0.5, 0.6) is 0 Å². The molecule has 1 aliphatic carbocycles. The molecule has 2 heterocycles. The number of carbonyl (C=O) groups is 2. The molecule has 2 unspecified atom stereocenters. The van der Waals surface area contributed by atoms with Crippen LogP contribution in [0.4, 0.5) is 0 Å². The van der Waals surface area contributed by atoms with Gasteiger partial charge in [0.1, 0.15) is 0 Å². The maximum Gasteiger partial charge on any atom is 0.225 e. The first-order chi connectivity index (χ1) is 10.1. The number of carbonyl (C=O) groups excluding carboxylic acids is 2. The maximum absolute atomic E-state index is 12.3. The molecule has 2 N–H and O–H groups in total. The van der Waals surface area contributed by atoms with E-state index in [4.69, 9.17) is 0 Å². The maximum atomic E-state index is 12.3. The predicted molar refractivity (Wildman–Crippen MR) is 80.7 cm³/mol. The van der Waals surface area contributed by atoms with Crippen molar-refractivity contribution < 1.29 is 9.59 Å². The van der Waals surface area contributed by atoms with Gasteiger partial charge in [-0.1, -0.05) is 6.92 Å². The number of nitrogens with zero attached hydrogens (tertiary/aromatic N) is 1. The molecule has 3 fully saturated rings. The van der Waals surface area contributed by atoms with E-state index in [1.807, 2.05) is 4.90 Å². The van der Waals surface area contributed by atoms with Gasteiger partial charge in [0.25, 0.3) is 0 Å². The van der Waals surface area contributed by atoms with Crippen molar-refractivity contribution in [1.29, 1.82) is 0 Å². The van der Waals surface area contributed by atoms with Crippen molar-refractivity contribution in [2.45, 2.75) is 57.5 Å². The summed E-state index contributed by atoms with van der Waals surface area (Å²) in [5.74, 6) is 0.897. The molecule has 5 nitrogen and oxygen atoms in total. The standard InChI is InChI=1S/C16H27N3O2/c1-11-2-4-14(5-3-11)19-10-12(8-15(19)20)16(21)18-13-6-7-17-9-13/h11-14,17H,2-10H2,1H3,(H,18,21). The van der Waals surface area contributed by atoms with Crippen LogP contribution in [-0.4, -0.2) is 48.4 Å². The fourth-order valence-corrected chi connectivity index (χ4v) is 3.91. The molecule has 2 aliphatic heterocycles. The van der Waals surface area contributed by atoms with Crippen LogP contribution in [0.15, 0.2) is 0 Å². The summed E-state index contributed by atoms with van der Waals surface area (Å²) in [5.41, 5.74) is 0. The Hall–Kier alpha value is -1.10. The molecule has 3 rings (SSSR count). The summed E-state index contributed by atoms with van der Waals surface area (Å²) in [6, 6.07) is 0.622. The number of likely N-dealkylation sites (tertiary alicyclic amines) is 1. The zero-order valence-electron chi connectivity index (χ0n) is 12.9. The van der Waals surface area contributed by atoms with Gasteiger partial charge in [0.2, 0.25) is 11.8 Å². The van der Waals surface area contributed by atoms with Gasteiger partial charge in [0, 0.05) is 31.6 Å². The minimum absolute atomic E-state index is 0.0729. The van der Waals surface area contributed by atoms with E-state index in [1.165, 1.54) is 12.8 Å². The van der Waals surface area contributed by atoms with Crippen LogP contribution in [0, 0.1) is 11.8 Å². The summed E-state index contributed by atoms with van der Waals surface area (Å²) in [4.78, 5) is 26.5. The highest BCUT2D eigenvalue weighted by molar-refractivity contribution is 5.89. The Morgan fingerprint density at radius 2 is 2.00 bits per heavy atom. The minimum atomic E-state index is -0.141. The largest absolute Gasteiger partial charge is 0.352 e. The molecule has 0 radical (unpaired) electrons. The lowest BCUT2D eigenvalue weighted by Gasteiger charge is -2.33. The van der Waals surface area contributed by atoms with Crippen molar-refractivity contribution >= 4 is 11.8 Å². The van der Waals surface area contributed by atoms with Crippen LogP contribution in [0.3, 0.4) is 0 Å². The van der Waals surface area contributed by atoms with Crippen LogP contribution < -0.4 is 10.6 Å². The van der Waals surface area contributed by atoms with Crippen molar-refractivity contribution in [2.75, 3.05) is 19.6 Å². The van der Waals surface area contributed by atoms with E-state index in [1.54, 1.807) is 0 Å². The fraction of sp³-hybridized carbons (Fsp3) is 0.875. The number of rotatable bonds is 3. The van der Waals surface area contributed by atoms with E-state index in [0.717, 1.165) is 38.3 Å². The average Bonchev–Trinajstić information content (AvgIpc) is 3.09. The molecule has 118 valence electrons. The lowest BCUT2D eigenvalue weighted by molar-refractivity contribution is -0.131. The second-order valence-corrected chi connectivity index (χ2v) is 7.06. The molecule has 0 spiro atoms. The summed E-state index contributed by atoms with van der Waals surface area (Å²) in [6.07, 6.45) is 6.02. The zero-order valence-corrected chi connectivity index (χ0v) is 12.9. The number of nitrogens with one attached hydrogen (secondary N) is 2. The van der Waals surface area contributed by atoms with Crippen LogP contribution >= 0.6 is 0 Å². The van der Waals surface area contributed by atoms with Crippen LogP contribution in [0.1, 0.15) is 45.4 Å². The highest BCUT2D eigenvalue weighted by Crippen LogP contribution is 2.31. The fourth-order valence-electron chi connectivity index (χ4n) is 3.91. The third-order valence-corrected chi connectivity index (χ3v) is 5.36. The van der Waals surface area contributed by atoms with Gasteiger partial charge < -0.3 is 15.5 Å². The minimum Gasteiger partial charge on any atom is -0.352 e. The Morgan fingerprint density at radius 1 is 1.24 bits per heavy atom. The molecular weight excluding hydrogens is 266 g/mol. The Morgan fingerprint density at radius 3 is 2.67 bits per heavy atom. The summed E-state index contributed by atoms with van der Waals surface area (Å²) < 4.78 is 0. The molecule has 2 amide bonds. The second-order valence-electron chi connectivity index (χ2n) is 7.06.